The molecule has 1 aliphatic heterocycles. The molecule has 0 amide bonds. The molecule has 0 unspecified atom stereocenters. The van der Waals surface area contributed by atoms with E-state index in [1.54, 1.807) is 37.4 Å². The molecule has 0 radical (unpaired) electrons. The molecule has 162 valence electrons. The Morgan fingerprint density at radius 1 is 1.29 bits per heavy atom. The molecule has 8 nitrogen and oxygen atoms in total. The molecule has 0 atom stereocenters. The standard InChI is InChI=1S/C22H23FN4O4/c1-25(9-10-31-2)15-12-26(13-15)18-8-7-14(11-24-18)27-17-6-4-3-5-16(17)20(28)19(21(27)23)22(29)30/h3-8,11,15H,9-10,12-13H2,1-2H3,(H,29,30). The van der Waals surface area contributed by atoms with Gasteiger partial charge in [0.15, 0.2) is 5.56 Å². The van der Waals surface area contributed by atoms with E-state index in [1.165, 1.54) is 12.3 Å². The average Bonchev–Trinajstić information content (AvgIpc) is 2.72. The second-order valence-electron chi connectivity index (χ2n) is 7.56. The van der Waals surface area contributed by atoms with Crippen LogP contribution in [0.15, 0.2) is 47.4 Å². The third-order valence-electron chi connectivity index (χ3n) is 5.68. The van der Waals surface area contributed by atoms with E-state index in [9.17, 15) is 14.7 Å². The van der Waals surface area contributed by atoms with Crippen LogP contribution in [0, 0.1) is 5.95 Å². The molecule has 4 rings (SSSR count). The highest BCUT2D eigenvalue weighted by atomic mass is 19.1. The number of aromatic carboxylic acids is 1. The molecule has 0 aliphatic carbocycles. The number of anilines is 1. The molecule has 3 heterocycles. The Balaban J connectivity index is 1.64. The molecule has 31 heavy (non-hydrogen) atoms. The number of fused-ring (bicyclic) bond motifs is 1. The zero-order valence-electron chi connectivity index (χ0n) is 17.3. The van der Waals surface area contributed by atoms with Gasteiger partial charge >= 0.3 is 5.97 Å². The number of para-hydroxylation sites is 1. The Kier molecular flexibility index (Phi) is 5.71. The first kappa shape index (κ1) is 21.0. The largest absolute Gasteiger partial charge is 0.477 e. The zero-order chi connectivity index (χ0) is 22.1. The van der Waals surface area contributed by atoms with Crippen LogP contribution in [0.4, 0.5) is 10.2 Å². The summed E-state index contributed by atoms with van der Waals surface area (Å²) in [5.74, 6) is -1.96. The van der Waals surface area contributed by atoms with Crippen molar-refractivity contribution in [3.05, 3.63) is 64.3 Å². The summed E-state index contributed by atoms with van der Waals surface area (Å²) in [5, 5.41) is 9.50. The number of aromatic nitrogens is 2. The lowest BCUT2D eigenvalue weighted by Crippen LogP contribution is -2.59. The fourth-order valence-electron chi connectivity index (χ4n) is 3.78. The fraction of sp³-hybridized carbons (Fsp3) is 0.318. The lowest BCUT2D eigenvalue weighted by molar-refractivity contribution is 0.0689. The van der Waals surface area contributed by atoms with Gasteiger partial charge in [-0.3, -0.25) is 14.3 Å². The molecular formula is C22H23FN4O4. The van der Waals surface area contributed by atoms with Gasteiger partial charge in [-0.1, -0.05) is 12.1 Å². The predicted molar refractivity (Wildman–Crippen MR) is 115 cm³/mol. The van der Waals surface area contributed by atoms with Gasteiger partial charge in [0.05, 0.1) is 24.0 Å². The molecular weight excluding hydrogens is 403 g/mol. The maximum atomic E-state index is 15.1. The zero-order valence-corrected chi connectivity index (χ0v) is 17.3. The highest BCUT2D eigenvalue weighted by Crippen LogP contribution is 2.25. The minimum absolute atomic E-state index is 0.134. The highest BCUT2D eigenvalue weighted by molar-refractivity contribution is 5.93. The SMILES string of the molecule is COCCN(C)C1CN(c2ccc(-n3c(F)c(C(=O)O)c(=O)c4ccccc43)cn2)C1. The summed E-state index contributed by atoms with van der Waals surface area (Å²) in [6.45, 7) is 3.18. The van der Waals surface area contributed by atoms with Crippen molar-refractivity contribution in [3.8, 4) is 5.69 Å². The molecule has 1 saturated heterocycles. The van der Waals surface area contributed by atoms with Crippen molar-refractivity contribution >= 4 is 22.7 Å². The Bertz CT molecular complexity index is 1170. The van der Waals surface area contributed by atoms with E-state index in [2.05, 4.69) is 21.8 Å². The number of benzene rings is 1. The fourth-order valence-corrected chi connectivity index (χ4v) is 3.78. The number of halogens is 1. The summed E-state index contributed by atoms with van der Waals surface area (Å²) in [4.78, 5) is 32.8. The second kappa shape index (κ2) is 8.44. The second-order valence-corrected chi connectivity index (χ2v) is 7.56. The van der Waals surface area contributed by atoms with E-state index in [-0.39, 0.29) is 10.9 Å². The third kappa shape index (κ3) is 3.77. The van der Waals surface area contributed by atoms with Crippen LogP contribution in [0.1, 0.15) is 10.4 Å². The molecule has 0 spiro atoms. The number of methoxy groups -OCH3 is 1. The first-order valence-electron chi connectivity index (χ1n) is 9.89. The average molecular weight is 426 g/mol. The number of pyridine rings is 2. The minimum atomic E-state index is -1.60. The first-order chi connectivity index (χ1) is 14.9. The predicted octanol–water partition coefficient (Wildman–Crippen LogP) is 1.99. The van der Waals surface area contributed by atoms with Crippen molar-refractivity contribution in [1.29, 1.82) is 0 Å². The maximum Gasteiger partial charge on any atom is 0.344 e. The van der Waals surface area contributed by atoms with Gasteiger partial charge in [0.25, 0.3) is 0 Å². The molecule has 1 fully saturated rings. The quantitative estimate of drug-likeness (QED) is 0.578. The number of ether oxygens (including phenoxy) is 1. The number of nitrogens with zero attached hydrogens (tertiary/aromatic N) is 4. The van der Waals surface area contributed by atoms with E-state index in [1.807, 2.05) is 0 Å². The van der Waals surface area contributed by atoms with E-state index >= 15 is 4.39 Å². The Labute approximate surface area is 178 Å². The lowest BCUT2D eigenvalue weighted by atomic mass is 10.1. The molecule has 0 saturated carbocycles. The van der Waals surface area contributed by atoms with Crippen LogP contribution in [-0.2, 0) is 4.74 Å². The van der Waals surface area contributed by atoms with E-state index in [0.717, 1.165) is 30.0 Å². The molecule has 0 bridgehead atoms. The van der Waals surface area contributed by atoms with E-state index < -0.39 is 22.9 Å². The van der Waals surface area contributed by atoms with Crippen LogP contribution >= 0.6 is 0 Å². The van der Waals surface area contributed by atoms with Crippen molar-refractivity contribution in [2.45, 2.75) is 6.04 Å². The summed E-state index contributed by atoms with van der Waals surface area (Å²) in [6, 6.07) is 10.2. The van der Waals surface area contributed by atoms with Crippen molar-refractivity contribution in [1.82, 2.24) is 14.5 Å². The monoisotopic (exact) mass is 426 g/mol. The highest BCUT2D eigenvalue weighted by Gasteiger charge is 2.30. The number of carboxylic acids is 1. The summed E-state index contributed by atoms with van der Waals surface area (Å²) in [7, 11) is 3.74. The lowest BCUT2D eigenvalue weighted by Gasteiger charge is -2.44. The smallest absolute Gasteiger partial charge is 0.344 e. The summed E-state index contributed by atoms with van der Waals surface area (Å²) >= 11 is 0. The molecule has 9 heteroatoms. The minimum Gasteiger partial charge on any atom is -0.477 e. The molecule has 1 N–H and O–H groups in total. The number of rotatable bonds is 7. The van der Waals surface area contributed by atoms with E-state index in [0.29, 0.717) is 18.3 Å². The van der Waals surface area contributed by atoms with Crippen LogP contribution in [-0.4, -0.2) is 72.0 Å². The third-order valence-corrected chi connectivity index (χ3v) is 5.68. The van der Waals surface area contributed by atoms with Crippen LogP contribution in [0.25, 0.3) is 16.6 Å². The van der Waals surface area contributed by atoms with Crippen molar-refractivity contribution < 1.29 is 19.0 Å². The maximum absolute atomic E-state index is 15.1. The van der Waals surface area contributed by atoms with Gasteiger partial charge in [0, 0.05) is 38.2 Å². The molecule has 3 aromatic rings. The normalized spacial score (nSPS) is 14.3. The van der Waals surface area contributed by atoms with Crippen LogP contribution in [0.2, 0.25) is 0 Å². The van der Waals surface area contributed by atoms with Gasteiger partial charge in [0.2, 0.25) is 11.4 Å². The number of hydrogen-bond donors (Lipinski definition) is 1. The molecule has 1 aliphatic rings. The van der Waals surface area contributed by atoms with Crippen molar-refractivity contribution in [3.63, 3.8) is 0 Å². The number of carboxylic acid groups (broad SMARTS) is 1. The molecule has 1 aromatic carbocycles. The van der Waals surface area contributed by atoms with Crippen LogP contribution in [0.5, 0.6) is 0 Å². The summed E-state index contributed by atoms with van der Waals surface area (Å²) in [6.07, 6.45) is 1.49. The van der Waals surface area contributed by atoms with Crippen LogP contribution in [0.3, 0.4) is 0 Å². The number of likely N-dealkylation sites (N-methyl/N-ethyl adjacent to an activating group) is 1. The first-order valence-corrected chi connectivity index (χ1v) is 9.89. The summed E-state index contributed by atoms with van der Waals surface area (Å²) < 4.78 is 21.3. The van der Waals surface area contributed by atoms with Crippen molar-refractivity contribution in [2.75, 3.05) is 45.3 Å². The number of carbonyl (C=O) groups is 1. The van der Waals surface area contributed by atoms with Gasteiger partial charge < -0.3 is 14.7 Å². The van der Waals surface area contributed by atoms with Gasteiger partial charge in [-0.15, -0.1) is 0 Å². The number of hydrogen-bond acceptors (Lipinski definition) is 6. The topological polar surface area (TPSA) is 87.9 Å². The van der Waals surface area contributed by atoms with E-state index in [4.69, 9.17) is 4.74 Å². The van der Waals surface area contributed by atoms with Gasteiger partial charge in [-0.25, -0.2) is 9.78 Å². The van der Waals surface area contributed by atoms with Gasteiger partial charge in [0.1, 0.15) is 5.82 Å². The molecule has 2 aromatic heterocycles. The van der Waals surface area contributed by atoms with Gasteiger partial charge in [-0.05, 0) is 31.3 Å². The van der Waals surface area contributed by atoms with Crippen molar-refractivity contribution in [2.24, 2.45) is 0 Å². The van der Waals surface area contributed by atoms with Crippen LogP contribution < -0.4 is 10.3 Å². The summed E-state index contributed by atoms with van der Waals surface area (Å²) in [5.41, 5.74) is -1.10. The Morgan fingerprint density at radius 3 is 2.68 bits per heavy atom. The Hall–Kier alpha value is -3.30. The Morgan fingerprint density at radius 2 is 2.03 bits per heavy atom. The van der Waals surface area contributed by atoms with Gasteiger partial charge in [-0.2, -0.15) is 4.39 Å².